The lowest BCUT2D eigenvalue weighted by atomic mass is 10.0. The van der Waals surface area contributed by atoms with Crippen molar-refractivity contribution >= 4 is 19.8 Å². The topological polar surface area (TPSA) is 119 Å². The fraction of sp³-hybridized carbons (Fsp3) is 0.900. The number of carbonyl (C=O) groups excluding carboxylic acids is 2. The van der Waals surface area contributed by atoms with Crippen LogP contribution in [0.5, 0.6) is 0 Å². The lowest BCUT2D eigenvalue weighted by Crippen LogP contribution is -2.29. The summed E-state index contributed by atoms with van der Waals surface area (Å²) in [4.78, 5) is 42.8. The van der Waals surface area contributed by atoms with Crippen molar-refractivity contribution in [3.05, 3.63) is 12.2 Å². The van der Waals surface area contributed by atoms with Crippen molar-refractivity contribution < 1.29 is 37.9 Å². The molecule has 0 aromatic rings. The summed E-state index contributed by atoms with van der Waals surface area (Å²) in [5, 5.41) is 0. The van der Waals surface area contributed by atoms with Gasteiger partial charge in [0.15, 0.2) is 6.10 Å². The molecule has 49 heavy (non-hydrogen) atoms. The quantitative estimate of drug-likeness (QED) is 0.0280. The standard InChI is InChI=1S/C40H77O8P/c1-3-5-7-9-11-13-15-17-18-19-20-21-23-24-26-28-30-32-34-39(41)46-36-38(37-47-49(43,44)45)48-40(42)35-33-31-29-27-25-22-16-14-12-10-8-6-4-2/h14,16,38H,3-13,15,17-37H2,1-2H3,(H2,43,44,45)/b16-14-. The zero-order valence-electron chi connectivity index (χ0n) is 31.9. The number of phosphoric ester groups is 1. The summed E-state index contributed by atoms with van der Waals surface area (Å²) in [5.41, 5.74) is 0. The number of esters is 2. The number of unbranched alkanes of at least 4 members (excludes halogenated alkanes) is 26. The van der Waals surface area contributed by atoms with Gasteiger partial charge in [0.1, 0.15) is 6.61 Å². The molecule has 0 bridgehead atoms. The third-order valence-corrected chi connectivity index (χ3v) is 9.52. The van der Waals surface area contributed by atoms with Crippen molar-refractivity contribution in [2.45, 2.75) is 219 Å². The average Bonchev–Trinajstić information content (AvgIpc) is 3.07. The third kappa shape index (κ3) is 39.4. The van der Waals surface area contributed by atoms with Crippen LogP contribution in [0, 0.1) is 0 Å². The highest BCUT2D eigenvalue weighted by molar-refractivity contribution is 7.46. The smallest absolute Gasteiger partial charge is 0.462 e. The molecule has 0 radical (unpaired) electrons. The average molecular weight is 717 g/mol. The predicted molar refractivity (Wildman–Crippen MR) is 202 cm³/mol. The summed E-state index contributed by atoms with van der Waals surface area (Å²) in [6.07, 6.45) is 39.3. The van der Waals surface area contributed by atoms with Crippen molar-refractivity contribution in [2.75, 3.05) is 13.2 Å². The maximum absolute atomic E-state index is 12.4. The van der Waals surface area contributed by atoms with E-state index in [0.29, 0.717) is 6.42 Å². The SMILES string of the molecule is CCCCCC/C=C\CCCCCCCC(=O)OC(COC(=O)CCCCCCCCCCCCCCCCCCCC)COP(=O)(O)O. The molecular formula is C40H77O8P. The highest BCUT2D eigenvalue weighted by atomic mass is 31.2. The molecule has 0 rings (SSSR count). The summed E-state index contributed by atoms with van der Waals surface area (Å²) in [5.74, 6) is -0.884. The van der Waals surface area contributed by atoms with Crippen molar-refractivity contribution in [3.63, 3.8) is 0 Å². The highest BCUT2D eigenvalue weighted by Crippen LogP contribution is 2.36. The van der Waals surface area contributed by atoms with Gasteiger partial charge in [0.05, 0.1) is 6.61 Å². The molecule has 0 saturated heterocycles. The Morgan fingerprint density at radius 3 is 1.27 bits per heavy atom. The summed E-state index contributed by atoms with van der Waals surface area (Å²) in [6.45, 7) is 3.68. The molecule has 0 fully saturated rings. The Morgan fingerprint density at radius 1 is 0.510 bits per heavy atom. The van der Waals surface area contributed by atoms with Crippen LogP contribution < -0.4 is 0 Å². The Bertz CT molecular complexity index is 812. The van der Waals surface area contributed by atoms with E-state index in [1.807, 2.05) is 0 Å². The number of rotatable bonds is 38. The minimum Gasteiger partial charge on any atom is -0.462 e. The first-order valence-corrected chi connectivity index (χ1v) is 22.0. The fourth-order valence-electron chi connectivity index (χ4n) is 5.96. The minimum absolute atomic E-state index is 0.206. The van der Waals surface area contributed by atoms with Crippen LogP contribution in [0.2, 0.25) is 0 Å². The molecule has 0 aromatic heterocycles. The van der Waals surface area contributed by atoms with E-state index in [1.54, 1.807) is 0 Å². The fourth-order valence-corrected chi connectivity index (χ4v) is 6.32. The van der Waals surface area contributed by atoms with Crippen LogP contribution in [0.3, 0.4) is 0 Å². The van der Waals surface area contributed by atoms with Gasteiger partial charge in [0.2, 0.25) is 0 Å². The third-order valence-electron chi connectivity index (χ3n) is 9.03. The van der Waals surface area contributed by atoms with Gasteiger partial charge in [-0.3, -0.25) is 14.1 Å². The van der Waals surface area contributed by atoms with Crippen molar-refractivity contribution in [3.8, 4) is 0 Å². The number of phosphoric acid groups is 1. The largest absolute Gasteiger partial charge is 0.469 e. The Balaban J connectivity index is 3.88. The van der Waals surface area contributed by atoms with Gasteiger partial charge in [-0.15, -0.1) is 0 Å². The molecule has 0 aliphatic heterocycles. The summed E-state index contributed by atoms with van der Waals surface area (Å²) < 4.78 is 26.3. The number of ether oxygens (including phenoxy) is 2. The van der Waals surface area contributed by atoms with E-state index in [-0.39, 0.29) is 19.4 Å². The van der Waals surface area contributed by atoms with Crippen LogP contribution in [0.1, 0.15) is 213 Å². The van der Waals surface area contributed by atoms with Crippen LogP contribution in [-0.4, -0.2) is 41.0 Å². The van der Waals surface area contributed by atoms with E-state index < -0.39 is 32.5 Å². The summed E-state index contributed by atoms with van der Waals surface area (Å²) in [6, 6.07) is 0. The number of carbonyl (C=O) groups is 2. The van der Waals surface area contributed by atoms with Gasteiger partial charge in [-0.25, -0.2) is 4.57 Å². The Labute approximate surface area is 301 Å². The molecule has 0 amide bonds. The second-order valence-electron chi connectivity index (χ2n) is 14.0. The zero-order valence-corrected chi connectivity index (χ0v) is 32.8. The summed E-state index contributed by atoms with van der Waals surface area (Å²) >= 11 is 0. The van der Waals surface area contributed by atoms with E-state index >= 15 is 0 Å². The molecule has 8 nitrogen and oxygen atoms in total. The molecule has 0 heterocycles. The number of hydrogen-bond acceptors (Lipinski definition) is 6. The van der Waals surface area contributed by atoms with Gasteiger partial charge < -0.3 is 19.3 Å². The highest BCUT2D eigenvalue weighted by Gasteiger charge is 2.22. The monoisotopic (exact) mass is 717 g/mol. The molecule has 290 valence electrons. The first-order chi connectivity index (χ1) is 23.8. The molecular weight excluding hydrogens is 639 g/mol. The second kappa shape index (κ2) is 36.6. The van der Waals surface area contributed by atoms with Gasteiger partial charge in [-0.05, 0) is 38.5 Å². The van der Waals surface area contributed by atoms with Gasteiger partial charge in [-0.1, -0.05) is 174 Å². The lowest BCUT2D eigenvalue weighted by Gasteiger charge is -2.18. The summed E-state index contributed by atoms with van der Waals surface area (Å²) in [7, 11) is -4.75. The molecule has 0 saturated carbocycles. The Kier molecular flexibility index (Phi) is 35.7. The van der Waals surface area contributed by atoms with Crippen LogP contribution in [0.4, 0.5) is 0 Å². The van der Waals surface area contributed by atoms with E-state index in [0.717, 1.165) is 51.4 Å². The second-order valence-corrected chi connectivity index (χ2v) is 15.2. The molecule has 1 atom stereocenters. The van der Waals surface area contributed by atoms with Gasteiger partial charge in [0, 0.05) is 12.8 Å². The van der Waals surface area contributed by atoms with Crippen LogP contribution in [0.25, 0.3) is 0 Å². The maximum atomic E-state index is 12.4. The Morgan fingerprint density at radius 2 is 0.857 bits per heavy atom. The van der Waals surface area contributed by atoms with Crippen molar-refractivity contribution in [2.24, 2.45) is 0 Å². The molecule has 2 N–H and O–H groups in total. The Hall–Kier alpha value is -1.21. The lowest BCUT2D eigenvalue weighted by molar-refractivity contribution is -0.161. The van der Waals surface area contributed by atoms with E-state index in [4.69, 9.17) is 19.3 Å². The van der Waals surface area contributed by atoms with Crippen LogP contribution >= 0.6 is 7.82 Å². The zero-order chi connectivity index (χ0) is 36.1. The maximum Gasteiger partial charge on any atom is 0.469 e. The number of hydrogen-bond donors (Lipinski definition) is 2. The molecule has 0 aliphatic carbocycles. The van der Waals surface area contributed by atoms with Crippen molar-refractivity contribution in [1.29, 1.82) is 0 Å². The molecule has 0 spiro atoms. The first-order valence-electron chi connectivity index (χ1n) is 20.5. The molecule has 0 aliphatic rings. The van der Waals surface area contributed by atoms with Crippen LogP contribution in [0.15, 0.2) is 12.2 Å². The molecule has 9 heteroatoms. The van der Waals surface area contributed by atoms with Gasteiger partial charge >= 0.3 is 19.8 Å². The van der Waals surface area contributed by atoms with Gasteiger partial charge in [0.25, 0.3) is 0 Å². The van der Waals surface area contributed by atoms with E-state index in [9.17, 15) is 14.2 Å². The molecule has 0 aromatic carbocycles. The van der Waals surface area contributed by atoms with E-state index in [1.165, 1.54) is 128 Å². The normalized spacial score (nSPS) is 12.5. The minimum atomic E-state index is -4.75. The van der Waals surface area contributed by atoms with Gasteiger partial charge in [-0.2, -0.15) is 0 Å². The van der Waals surface area contributed by atoms with Crippen LogP contribution in [-0.2, 0) is 28.2 Å². The number of allylic oxidation sites excluding steroid dienone is 2. The van der Waals surface area contributed by atoms with E-state index in [2.05, 4.69) is 30.5 Å². The first kappa shape index (κ1) is 47.8. The predicted octanol–water partition coefficient (Wildman–Crippen LogP) is 12.2. The molecule has 1 unspecified atom stereocenters. The van der Waals surface area contributed by atoms with Crippen molar-refractivity contribution in [1.82, 2.24) is 0 Å².